The maximum atomic E-state index is 10.1. The van der Waals surface area contributed by atoms with Crippen molar-refractivity contribution in [3.8, 4) is 0 Å². The van der Waals surface area contributed by atoms with Gasteiger partial charge < -0.3 is 15.5 Å². The molecule has 0 saturated heterocycles. The number of nitrogens with one attached hydrogen (secondary N) is 1. The minimum absolute atomic E-state index is 0.0933. The number of nitrogens with zero attached hydrogens (tertiary/aromatic N) is 1. The van der Waals surface area contributed by atoms with Gasteiger partial charge in [0.05, 0.1) is 17.3 Å². The Morgan fingerprint density at radius 3 is 2.86 bits per heavy atom. The summed E-state index contributed by atoms with van der Waals surface area (Å²) in [4.78, 5) is 14.0. The van der Waals surface area contributed by atoms with E-state index in [0.29, 0.717) is 10.7 Å². The molecule has 1 rings (SSSR count). The molecule has 1 atom stereocenters. The SMILES string of the molecule is O=C(O)NCC(O)c1ccc(Cl)cn1. The van der Waals surface area contributed by atoms with E-state index in [-0.39, 0.29) is 6.54 Å². The zero-order valence-electron chi connectivity index (χ0n) is 7.14. The summed E-state index contributed by atoms with van der Waals surface area (Å²) >= 11 is 5.59. The third-order valence-corrected chi connectivity index (χ3v) is 1.76. The van der Waals surface area contributed by atoms with E-state index in [9.17, 15) is 9.90 Å². The van der Waals surface area contributed by atoms with Gasteiger partial charge in [0, 0.05) is 6.20 Å². The Morgan fingerprint density at radius 1 is 1.64 bits per heavy atom. The lowest BCUT2D eigenvalue weighted by Gasteiger charge is -2.09. The second-order valence-corrected chi connectivity index (χ2v) is 3.04. The Labute approximate surface area is 85.3 Å². The van der Waals surface area contributed by atoms with Crippen molar-refractivity contribution in [3.05, 3.63) is 29.0 Å². The lowest BCUT2D eigenvalue weighted by atomic mass is 10.2. The van der Waals surface area contributed by atoms with Crippen molar-refractivity contribution < 1.29 is 15.0 Å². The number of pyridine rings is 1. The van der Waals surface area contributed by atoms with Crippen LogP contribution >= 0.6 is 11.6 Å². The fourth-order valence-electron chi connectivity index (χ4n) is 0.873. The van der Waals surface area contributed by atoms with Gasteiger partial charge in [0.2, 0.25) is 0 Å². The molecule has 1 aromatic heterocycles. The number of aliphatic hydroxyl groups excluding tert-OH is 1. The van der Waals surface area contributed by atoms with Crippen LogP contribution in [0.4, 0.5) is 4.79 Å². The summed E-state index contributed by atoms with van der Waals surface area (Å²) in [6, 6.07) is 3.12. The molecule has 0 bridgehead atoms. The normalized spacial score (nSPS) is 12.1. The van der Waals surface area contributed by atoms with Crippen LogP contribution in [-0.2, 0) is 0 Å². The second kappa shape index (κ2) is 4.78. The predicted octanol–water partition coefficient (Wildman–Crippen LogP) is 1.04. The number of carbonyl (C=O) groups is 1. The molecule has 6 heteroatoms. The molecule has 0 aliphatic rings. The van der Waals surface area contributed by atoms with Gasteiger partial charge >= 0.3 is 6.09 Å². The molecule has 0 radical (unpaired) electrons. The van der Waals surface area contributed by atoms with E-state index >= 15 is 0 Å². The van der Waals surface area contributed by atoms with Gasteiger partial charge in [-0.15, -0.1) is 0 Å². The summed E-state index contributed by atoms with van der Waals surface area (Å²) in [5.74, 6) is 0. The summed E-state index contributed by atoms with van der Waals surface area (Å²) in [6.07, 6.45) is -0.748. The summed E-state index contributed by atoms with van der Waals surface area (Å²) in [7, 11) is 0. The summed E-state index contributed by atoms with van der Waals surface area (Å²) in [6.45, 7) is -0.0933. The molecule has 0 spiro atoms. The average Bonchev–Trinajstić information content (AvgIpc) is 2.15. The molecule has 0 aliphatic heterocycles. The number of aromatic nitrogens is 1. The Balaban J connectivity index is 2.56. The predicted molar refractivity (Wildman–Crippen MR) is 50.2 cm³/mol. The minimum Gasteiger partial charge on any atom is -0.465 e. The molecule has 1 heterocycles. The smallest absolute Gasteiger partial charge is 0.404 e. The van der Waals surface area contributed by atoms with Crippen LogP contribution < -0.4 is 5.32 Å². The molecule has 76 valence electrons. The molecule has 1 unspecified atom stereocenters. The van der Waals surface area contributed by atoms with E-state index < -0.39 is 12.2 Å². The molecule has 0 aromatic carbocycles. The van der Waals surface area contributed by atoms with Gasteiger partial charge in [-0.3, -0.25) is 4.98 Å². The Morgan fingerprint density at radius 2 is 2.36 bits per heavy atom. The molecular formula is C8H9ClN2O3. The fraction of sp³-hybridized carbons (Fsp3) is 0.250. The van der Waals surface area contributed by atoms with Crippen LogP contribution in [0.3, 0.4) is 0 Å². The van der Waals surface area contributed by atoms with E-state index in [1.165, 1.54) is 12.3 Å². The van der Waals surface area contributed by atoms with Crippen molar-refractivity contribution in [3.63, 3.8) is 0 Å². The van der Waals surface area contributed by atoms with E-state index in [2.05, 4.69) is 10.3 Å². The first-order valence-corrected chi connectivity index (χ1v) is 4.23. The highest BCUT2D eigenvalue weighted by atomic mass is 35.5. The topological polar surface area (TPSA) is 82.5 Å². The van der Waals surface area contributed by atoms with Crippen LogP contribution in [0.5, 0.6) is 0 Å². The summed E-state index contributed by atoms with van der Waals surface area (Å²) in [5, 5.41) is 20.2. The molecule has 1 amide bonds. The number of hydrogen-bond donors (Lipinski definition) is 3. The quantitative estimate of drug-likeness (QED) is 0.705. The van der Waals surface area contributed by atoms with Crippen molar-refractivity contribution in [2.75, 3.05) is 6.54 Å². The van der Waals surface area contributed by atoms with Crippen molar-refractivity contribution in [1.29, 1.82) is 0 Å². The number of halogens is 1. The maximum absolute atomic E-state index is 10.1. The molecule has 0 saturated carbocycles. The van der Waals surface area contributed by atoms with E-state index in [0.717, 1.165) is 0 Å². The van der Waals surface area contributed by atoms with Crippen molar-refractivity contribution in [1.82, 2.24) is 10.3 Å². The third kappa shape index (κ3) is 3.20. The van der Waals surface area contributed by atoms with Gasteiger partial charge in [-0.2, -0.15) is 0 Å². The number of rotatable bonds is 3. The van der Waals surface area contributed by atoms with Gasteiger partial charge in [-0.1, -0.05) is 11.6 Å². The maximum Gasteiger partial charge on any atom is 0.404 e. The zero-order chi connectivity index (χ0) is 10.6. The van der Waals surface area contributed by atoms with Crippen LogP contribution in [-0.4, -0.2) is 27.8 Å². The lowest BCUT2D eigenvalue weighted by molar-refractivity contribution is 0.156. The Kier molecular flexibility index (Phi) is 3.67. The van der Waals surface area contributed by atoms with Crippen LogP contribution in [0.1, 0.15) is 11.8 Å². The largest absolute Gasteiger partial charge is 0.465 e. The monoisotopic (exact) mass is 216 g/mol. The van der Waals surface area contributed by atoms with Crippen LogP contribution in [0, 0.1) is 0 Å². The molecular weight excluding hydrogens is 208 g/mol. The molecule has 0 aliphatic carbocycles. The highest BCUT2D eigenvalue weighted by Crippen LogP contribution is 2.12. The number of carboxylic acid groups (broad SMARTS) is 1. The van der Waals surface area contributed by atoms with E-state index in [4.69, 9.17) is 16.7 Å². The van der Waals surface area contributed by atoms with Crippen molar-refractivity contribution >= 4 is 17.7 Å². The summed E-state index contributed by atoms with van der Waals surface area (Å²) in [5.41, 5.74) is 0.378. The Hall–Kier alpha value is -1.33. The zero-order valence-corrected chi connectivity index (χ0v) is 7.90. The lowest BCUT2D eigenvalue weighted by Crippen LogP contribution is -2.26. The van der Waals surface area contributed by atoms with Gasteiger partial charge in [-0.05, 0) is 12.1 Å². The fourth-order valence-corrected chi connectivity index (χ4v) is 0.985. The first-order chi connectivity index (χ1) is 6.59. The first kappa shape index (κ1) is 10.7. The van der Waals surface area contributed by atoms with E-state index in [1.54, 1.807) is 6.07 Å². The van der Waals surface area contributed by atoms with Gasteiger partial charge in [0.1, 0.15) is 6.10 Å². The molecule has 5 nitrogen and oxygen atoms in total. The molecule has 3 N–H and O–H groups in total. The minimum atomic E-state index is -1.18. The third-order valence-electron chi connectivity index (χ3n) is 1.54. The van der Waals surface area contributed by atoms with Gasteiger partial charge in [0.25, 0.3) is 0 Å². The molecule has 14 heavy (non-hydrogen) atoms. The summed E-state index contributed by atoms with van der Waals surface area (Å²) < 4.78 is 0. The first-order valence-electron chi connectivity index (χ1n) is 3.86. The highest BCUT2D eigenvalue weighted by molar-refractivity contribution is 6.30. The van der Waals surface area contributed by atoms with Crippen molar-refractivity contribution in [2.45, 2.75) is 6.10 Å². The molecule has 0 fully saturated rings. The number of hydrogen-bond acceptors (Lipinski definition) is 3. The van der Waals surface area contributed by atoms with Crippen LogP contribution in [0.15, 0.2) is 18.3 Å². The number of aliphatic hydroxyl groups is 1. The average molecular weight is 217 g/mol. The van der Waals surface area contributed by atoms with Crippen LogP contribution in [0.25, 0.3) is 0 Å². The Bertz CT molecular complexity index is 315. The van der Waals surface area contributed by atoms with Crippen molar-refractivity contribution in [2.24, 2.45) is 0 Å². The highest BCUT2D eigenvalue weighted by Gasteiger charge is 2.09. The van der Waals surface area contributed by atoms with E-state index in [1.807, 2.05) is 0 Å². The standard InChI is InChI=1S/C8H9ClN2O3/c9-5-1-2-6(10-3-5)7(12)4-11-8(13)14/h1-3,7,11-12H,4H2,(H,13,14). The molecule has 1 aromatic rings. The van der Waals surface area contributed by atoms with Gasteiger partial charge in [-0.25, -0.2) is 4.79 Å². The second-order valence-electron chi connectivity index (χ2n) is 2.60. The van der Waals surface area contributed by atoms with Crippen LogP contribution in [0.2, 0.25) is 5.02 Å². The number of amides is 1. The van der Waals surface area contributed by atoms with Gasteiger partial charge in [0.15, 0.2) is 0 Å².